The van der Waals surface area contributed by atoms with Crippen molar-refractivity contribution in [1.82, 2.24) is 5.32 Å². The fourth-order valence-corrected chi connectivity index (χ4v) is 3.91. The highest BCUT2D eigenvalue weighted by Gasteiger charge is 2.20. The summed E-state index contributed by atoms with van der Waals surface area (Å²) in [4.78, 5) is 12.9. The van der Waals surface area contributed by atoms with Gasteiger partial charge in [-0.2, -0.15) is 0 Å². The molecule has 7 heteroatoms. The first-order valence-electron chi connectivity index (χ1n) is 9.02. The van der Waals surface area contributed by atoms with Gasteiger partial charge in [0.05, 0.1) is 29.3 Å². The number of carbonyl (C=O) groups excluding carboxylic acids is 1. The van der Waals surface area contributed by atoms with E-state index in [-0.39, 0.29) is 28.1 Å². The Labute approximate surface area is 170 Å². The zero-order valence-corrected chi connectivity index (χ0v) is 16.9. The topological polar surface area (TPSA) is 84.5 Å². The molecule has 150 valence electrons. The van der Waals surface area contributed by atoms with Crippen LogP contribution < -0.4 is 14.8 Å². The van der Waals surface area contributed by atoms with Crippen molar-refractivity contribution in [1.29, 1.82) is 0 Å². The number of hydrogen-bond acceptors (Lipinski definition) is 4. The number of nitrogens with one attached hydrogen (secondary N) is 2. The molecular formula is C22H22N2O4S. The average molecular weight is 410 g/mol. The molecule has 0 aromatic heterocycles. The molecule has 0 spiro atoms. The molecule has 6 nitrogen and oxygen atoms in total. The van der Waals surface area contributed by atoms with Crippen molar-refractivity contribution in [2.24, 2.45) is 0 Å². The van der Waals surface area contributed by atoms with Gasteiger partial charge in [-0.1, -0.05) is 42.5 Å². The van der Waals surface area contributed by atoms with E-state index in [1.807, 2.05) is 37.3 Å². The summed E-state index contributed by atoms with van der Waals surface area (Å²) >= 11 is 0. The Bertz CT molecular complexity index is 1080. The quantitative estimate of drug-likeness (QED) is 0.617. The van der Waals surface area contributed by atoms with E-state index in [1.165, 1.54) is 19.2 Å². The SMILES string of the molecule is COc1ccc(S(=O)(=O)Nc2ccccc2C(=O)N[C@H](C)c2ccccc2)cc1. The Morgan fingerprint density at radius 2 is 1.52 bits per heavy atom. The van der Waals surface area contributed by atoms with Crippen molar-refractivity contribution in [2.75, 3.05) is 11.8 Å². The second kappa shape index (κ2) is 8.79. The summed E-state index contributed by atoms with van der Waals surface area (Å²) in [6, 6.07) is 21.8. The van der Waals surface area contributed by atoms with Crippen LogP contribution in [0.15, 0.2) is 83.8 Å². The molecule has 3 aromatic rings. The Morgan fingerprint density at radius 3 is 2.17 bits per heavy atom. The zero-order chi connectivity index (χ0) is 20.9. The number of para-hydroxylation sites is 1. The van der Waals surface area contributed by atoms with Crippen LogP contribution >= 0.6 is 0 Å². The zero-order valence-electron chi connectivity index (χ0n) is 16.1. The highest BCUT2D eigenvalue weighted by atomic mass is 32.2. The summed E-state index contributed by atoms with van der Waals surface area (Å²) in [5, 5.41) is 2.90. The third-order valence-electron chi connectivity index (χ3n) is 4.43. The minimum absolute atomic E-state index is 0.0752. The van der Waals surface area contributed by atoms with Crippen LogP contribution in [0.4, 0.5) is 5.69 Å². The van der Waals surface area contributed by atoms with Crippen molar-refractivity contribution in [3.63, 3.8) is 0 Å². The molecule has 1 atom stereocenters. The van der Waals surface area contributed by atoms with Gasteiger partial charge in [0.15, 0.2) is 0 Å². The number of amides is 1. The summed E-state index contributed by atoms with van der Waals surface area (Å²) in [7, 11) is -2.35. The Morgan fingerprint density at radius 1 is 0.897 bits per heavy atom. The largest absolute Gasteiger partial charge is 0.497 e. The Balaban J connectivity index is 1.81. The molecule has 0 saturated carbocycles. The van der Waals surface area contributed by atoms with Gasteiger partial charge in [-0.25, -0.2) is 8.42 Å². The van der Waals surface area contributed by atoms with E-state index in [2.05, 4.69) is 10.0 Å². The molecular weight excluding hydrogens is 388 g/mol. The monoisotopic (exact) mass is 410 g/mol. The first kappa shape index (κ1) is 20.4. The van der Waals surface area contributed by atoms with Crippen LogP contribution in [0.25, 0.3) is 0 Å². The number of carbonyl (C=O) groups is 1. The molecule has 0 bridgehead atoms. The second-order valence-corrected chi connectivity index (χ2v) is 8.11. The summed E-state index contributed by atoms with van der Waals surface area (Å²) in [5.41, 5.74) is 1.41. The standard InChI is InChI=1S/C22H22N2O4S/c1-16(17-8-4-3-5-9-17)23-22(25)20-10-6-7-11-21(20)24-29(26,27)19-14-12-18(28-2)13-15-19/h3-16,24H,1-2H3,(H,23,25)/t16-/m1/s1. The molecule has 29 heavy (non-hydrogen) atoms. The van der Waals surface area contributed by atoms with Gasteiger partial charge in [0.1, 0.15) is 5.75 Å². The maximum atomic E-state index is 12.8. The van der Waals surface area contributed by atoms with Crippen molar-refractivity contribution in [3.05, 3.63) is 90.0 Å². The van der Waals surface area contributed by atoms with E-state index < -0.39 is 10.0 Å². The lowest BCUT2D eigenvalue weighted by atomic mass is 10.1. The molecule has 0 heterocycles. The van der Waals surface area contributed by atoms with Crippen LogP contribution in [0.1, 0.15) is 28.9 Å². The molecule has 0 aliphatic rings. The van der Waals surface area contributed by atoms with Crippen LogP contribution in [0.3, 0.4) is 0 Å². The van der Waals surface area contributed by atoms with E-state index in [0.717, 1.165) is 5.56 Å². The lowest BCUT2D eigenvalue weighted by Gasteiger charge is -2.17. The number of sulfonamides is 1. The van der Waals surface area contributed by atoms with E-state index in [9.17, 15) is 13.2 Å². The number of anilines is 1. The van der Waals surface area contributed by atoms with Crippen molar-refractivity contribution < 1.29 is 17.9 Å². The van der Waals surface area contributed by atoms with Crippen molar-refractivity contribution in [3.8, 4) is 5.75 Å². The highest BCUT2D eigenvalue weighted by Crippen LogP contribution is 2.23. The van der Waals surface area contributed by atoms with Gasteiger partial charge in [-0.05, 0) is 48.9 Å². The maximum Gasteiger partial charge on any atom is 0.261 e. The van der Waals surface area contributed by atoms with Crippen LogP contribution in [-0.4, -0.2) is 21.4 Å². The van der Waals surface area contributed by atoms with Crippen LogP contribution in [0.5, 0.6) is 5.75 Å². The smallest absolute Gasteiger partial charge is 0.261 e. The maximum absolute atomic E-state index is 12.8. The van der Waals surface area contributed by atoms with E-state index in [4.69, 9.17) is 4.74 Å². The molecule has 0 unspecified atom stereocenters. The third kappa shape index (κ3) is 4.94. The molecule has 3 aromatic carbocycles. The molecule has 3 rings (SSSR count). The normalized spacial score (nSPS) is 12.1. The van der Waals surface area contributed by atoms with Gasteiger partial charge in [0.25, 0.3) is 15.9 Å². The summed E-state index contributed by atoms with van der Waals surface area (Å²) in [5.74, 6) is 0.188. The third-order valence-corrected chi connectivity index (χ3v) is 5.81. The van der Waals surface area contributed by atoms with Crippen LogP contribution in [0.2, 0.25) is 0 Å². The van der Waals surface area contributed by atoms with E-state index in [1.54, 1.807) is 36.4 Å². The summed E-state index contributed by atoms with van der Waals surface area (Å²) in [6.45, 7) is 1.87. The number of hydrogen-bond donors (Lipinski definition) is 2. The molecule has 0 saturated heterocycles. The number of methoxy groups -OCH3 is 1. The second-order valence-electron chi connectivity index (χ2n) is 6.43. The van der Waals surface area contributed by atoms with E-state index in [0.29, 0.717) is 5.75 Å². The summed E-state index contributed by atoms with van der Waals surface area (Å²) < 4.78 is 33.0. The number of rotatable bonds is 7. The van der Waals surface area contributed by atoms with Gasteiger partial charge in [-0.15, -0.1) is 0 Å². The van der Waals surface area contributed by atoms with Gasteiger partial charge >= 0.3 is 0 Å². The van der Waals surface area contributed by atoms with Crippen molar-refractivity contribution in [2.45, 2.75) is 17.9 Å². The fourth-order valence-electron chi connectivity index (χ4n) is 2.83. The molecule has 0 radical (unpaired) electrons. The Kier molecular flexibility index (Phi) is 6.19. The van der Waals surface area contributed by atoms with Gasteiger partial charge in [-0.3, -0.25) is 9.52 Å². The fraction of sp³-hybridized carbons (Fsp3) is 0.136. The van der Waals surface area contributed by atoms with Gasteiger partial charge < -0.3 is 10.1 Å². The molecule has 0 aliphatic heterocycles. The first-order chi connectivity index (χ1) is 13.9. The molecule has 1 amide bonds. The Hall–Kier alpha value is -3.32. The molecule has 0 aliphatic carbocycles. The lowest BCUT2D eigenvalue weighted by molar-refractivity contribution is 0.0941. The first-order valence-corrected chi connectivity index (χ1v) is 10.5. The van der Waals surface area contributed by atoms with Gasteiger partial charge in [0.2, 0.25) is 0 Å². The molecule has 0 fully saturated rings. The van der Waals surface area contributed by atoms with Crippen LogP contribution in [0, 0.1) is 0 Å². The number of ether oxygens (including phenoxy) is 1. The predicted molar refractivity (Wildman–Crippen MR) is 113 cm³/mol. The predicted octanol–water partition coefficient (Wildman–Crippen LogP) is 3.99. The van der Waals surface area contributed by atoms with Crippen molar-refractivity contribution >= 4 is 21.6 Å². The molecule has 2 N–H and O–H groups in total. The lowest BCUT2D eigenvalue weighted by Crippen LogP contribution is -2.28. The van der Waals surface area contributed by atoms with E-state index >= 15 is 0 Å². The minimum Gasteiger partial charge on any atom is -0.497 e. The van der Waals surface area contributed by atoms with Crippen LogP contribution in [-0.2, 0) is 10.0 Å². The minimum atomic E-state index is -3.86. The average Bonchev–Trinajstić information content (AvgIpc) is 2.74. The summed E-state index contributed by atoms with van der Waals surface area (Å²) in [6.07, 6.45) is 0. The highest BCUT2D eigenvalue weighted by molar-refractivity contribution is 7.92. The number of benzene rings is 3. The van der Waals surface area contributed by atoms with Gasteiger partial charge in [0, 0.05) is 0 Å².